The van der Waals surface area contributed by atoms with Crippen LogP contribution in [0.5, 0.6) is 11.5 Å². The van der Waals surface area contributed by atoms with E-state index in [1.807, 2.05) is 24.3 Å². The Morgan fingerprint density at radius 2 is 1.69 bits per heavy atom. The topological polar surface area (TPSA) is 50.8 Å². The predicted octanol–water partition coefficient (Wildman–Crippen LogP) is 3.38. The molecule has 0 spiro atoms. The van der Waals surface area contributed by atoms with E-state index in [9.17, 15) is 4.79 Å². The van der Waals surface area contributed by atoms with E-state index in [-0.39, 0.29) is 18.1 Å². The first kappa shape index (κ1) is 19.0. The molecule has 1 saturated carbocycles. The predicted molar refractivity (Wildman–Crippen MR) is 103 cm³/mol. The second kappa shape index (κ2) is 9.26. The van der Waals surface area contributed by atoms with Crippen molar-refractivity contribution in [2.24, 2.45) is 0 Å². The van der Waals surface area contributed by atoms with Gasteiger partial charge in [-0.15, -0.1) is 0 Å². The third-order valence-corrected chi connectivity index (χ3v) is 5.85. The van der Waals surface area contributed by atoms with Crippen LogP contribution in [0.3, 0.4) is 0 Å². The summed E-state index contributed by atoms with van der Waals surface area (Å²) in [6, 6.07) is 7.42. The van der Waals surface area contributed by atoms with Crippen LogP contribution < -0.4 is 14.8 Å². The molecule has 3 rings (SSSR count). The number of likely N-dealkylation sites (tertiary alicyclic amines) is 1. The Morgan fingerprint density at radius 3 is 2.38 bits per heavy atom. The van der Waals surface area contributed by atoms with Gasteiger partial charge in [0.05, 0.1) is 7.11 Å². The first-order valence-corrected chi connectivity index (χ1v) is 10.0. The van der Waals surface area contributed by atoms with Crippen LogP contribution in [0.4, 0.5) is 0 Å². The normalized spacial score (nSPS) is 20.3. The molecule has 1 saturated heterocycles. The van der Waals surface area contributed by atoms with E-state index < -0.39 is 0 Å². The van der Waals surface area contributed by atoms with Gasteiger partial charge in [0.2, 0.25) is 0 Å². The summed E-state index contributed by atoms with van der Waals surface area (Å²) in [6.45, 7) is 3.11. The Labute approximate surface area is 157 Å². The second-order valence-electron chi connectivity index (χ2n) is 7.55. The van der Waals surface area contributed by atoms with Gasteiger partial charge in [0.15, 0.2) is 18.1 Å². The van der Waals surface area contributed by atoms with Crippen LogP contribution in [0.15, 0.2) is 24.3 Å². The smallest absolute Gasteiger partial charge is 0.258 e. The van der Waals surface area contributed by atoms with Gasteiger partial charge in [0.25, 0.3) is 5.91 Å². The lowest BCUT2D eigenvalue weighted by molar-refractivity contribution is -0.124. The van der Waals surface area contributed by atoms with Crippen molar-refractivity contribution in [2.75, 3.05) is 33.4 Å². The zero-order valence-electron chi connectivity index (χ0n) is 16.0. The van der Waals surface area contributed by atoms with Crippen molar-refractivity contribution in [2.45, 2.75) is 56.9 Å². The van der Waals surface area contributed by atoms with Crippen molar-refractivity contribution in [1.29, 1.82) is 0 Å². The summed E-state index contributed by atoms with van der Waals surface area (Å²) in [4.78, 5) is 15.0. The van der Waals surface area contributed by atoms with Crippen LogP contribution >= 0.6 is 0 Å². The summed E-state index contributed by atoms with van der Waals surface area (Å²) < 4.78 is 10.9. The number of ether oxygens (including phenoxy) is 2. The first-order chi connectivity index (χ1) is 12.7. The fraction of sp³-hybridized carbons (Fsp3) is 0.667. The van der Waals surface area contributed by atoms with E-state index in [0.717, 1.165) is 6.54 Å². The first-order valence-electron chi connectivity index (χ1n) is 10.0. The quantitative estimate of drug-likeness (QED) is 0.810. The van der Waals surface area contributed by atoms with Gasteiger partial charge in [-0.05, 0) is 50.9 Å². The molecule has 1 N–H and O–H groups in total. The van der Waals surface area contributed by atoms with Gasteiger partial charge < -0.3 is 14.8 Å². The number of methoxy groups -OCH3 is 1. The van der Waals surface area contributed by atoms with Crippen molar-refractivity contribution in [3.05, 3.63) is 24.3 Å². The maximum atomic E-state index is 12.4. The highest BCUT2D eigenvalue weighted by Crippen LogP contribution is 2.35. The maximum absolute atomic E-state index is 12.4. The van der Waals surface area contributed by atoms with Crippen LogP contribution in [0.25, 0.3) is 0 Å². The molecule has 144 valence electrons. The number of para-hydroxylation sites is 2. The van der Waals surface area contributed by atoms with E-state index in [2.05, 4.69) is 10.2 Å². The molecule has 0 radical (unpaired) electrons. The molecule has 1 heterocycles. The molecular formula is C21H32N2O3. The Hall–Kier alpha value is -1.75. The van der Waals surface area contributed by atoms with Crippen LogP contribution in [0.2, 0.25) is 0 Å². The zero-order valence-corrected chi connectivity index (χ0v) is 16.0. The Kier molecular flexibility index (Phi) is 6.78. The highest BCUT2D eigenvalue weighted by molar-refractivity contribution is 5.77. The van der Waals surface area contributed by atoms with E-state index >= 15 is 0 Å². The number of nitrogens with one attached hydrogen (secondary N) is 1. The highest BCUT2D eigenvalue weighted by atomic mass is 16.5. The van der Waals surface area contributed by atoms with Crippen LogP contribution in [0, 0.1) is 0 Å². The van der Waals surface area contributed by atoms with Crippen LogP contribution in [-0.2, 0) is 4.79 Å². The zero-order chi connectivity index (χ0) is 18.2. The van der Waals surface area contributed by atoms with Crippen molar-refractivity contribution in [3.63, 3.8) is 0 Å². The molecule has 1 aromatic carbocycles. The number of benzene rings is 1. The molecule has 1 aliphatic heterocycles. The molecular weight excluding hydrogens is 328 g/mol. The number of hydrogen-bond acceptors (Lipinski definition) is 4. The van der Waals surface area contributed by atoms with Gasteiger partial charge >= 0.3 is 0 Å². The summed E-state index contributed by atoms with van der Waals surface area (Å²) >= 11 is 0. The number of hydrogen-bond donors (Lipinski definition) is 1. The molecule has 5 nitrogen and oxygen atoms in total. The minimum Gasteiger partial charge on any atom is -0.493 e. The van der Waals surface area contributed by atoms with Gasteiger partial charge in [-0.25, -0.2) is 0 Å². The SMILES string of the molecule is COc1ccccc1OCC(=O)NCC1(N2CCCCC2)CCCCC1. The summed E-state index contributed by atoms with van der Waals surface area (Å²) in [5.41, 5.74) is 0.152. The highest BCUT2D eigenvalue weighted by Gasteiger charge is 2.38. The standard InChI is InChI=1S/C21H32N2O3/c1-25-18-10-4-5-11-19(18)26-16-20(24)22-17-21(12-6-2-7-13-21)23-14-8-3-9-15-23/h4-5,10-11H,2-3,6-9,12-17H2,1H3,(H,22,24). The molecule has 0 unspecified atom stereocenters. The number of carbonyl (C=O) groups excluding carboxylic acids is 1. The lowest BCUT2D eigenvalue weighted by atomic mass is 9.79. The molecule has 0 atom stereocenters. The van der Waals surface area contributed by atoms with E-state index in [1.54, 1.807) is 7.11 Å². The van der Waals surface area contributed by atoms with Gasteiger partial charge in [-0.2, -0.15) is 0 Å². The molecule has 0 aromatic heterocycles. The number of piperidine rings is 1. The molecule has 2 fully saturated rings. The fourth-order valence-corrected chi connectivity index (χ4v) is 4.38. The third-order valence-electron chi connectivity index (χ3n) is 5.85. The fourth-order valence-electron chi connectivity index (χ4n) is 4.38. The van der Waals surface area contributed by atoms with Gasteiger partial charge in [-0.3, -0.25) is 9.69 Å². The summed E-state index contributed by atoms with van der Waals surface area (Å²) in [5, 5.41) is 3.15. The largest absolute Gasteiger partial charge is 0.493 e. The molecule has 2 aliphatic rings. The number of nitrogens with zero attached hydrogens (tertiary/aromatic N) is 1. The summed E-state index contributed by atoms with van der Waals surface area (Å²) in [6.07, 6.45) is 10.2. The molecule has 1 amide bonds. The molecule has 0 bridgehead atoms. The Morgan fingerprint density at radius 1 is 1.04 bits per heavy atom. The summed E-state index contributed by atoms with van der Waals surface area (Å²) in [5.74, 6) is 1.20. The van der Waals surface area contributed by atoms with Crippen molar-refractivity contribution >= 4 is 5.91 Å². The lowest BCUT2D eigenvalue weighted by Crippen LogP contribution is -2.58. The maximum Gasteiger partial charge on any atom is 0.258 e. The van der Waals surface area contributed by atoms with E-state index in [4.69, 9.17) is 9.47 Å². The van der Waals surface area contributed by atoms with Crippen molar-refractivity contribution < 1.29 is 14.3 Å². The Bertz CT molecular complexity index is 578. The molecule has 5 heteroatoms. The average Bonchev–Trinajstić information content (AvgIpc) is 2.72. The summed E-state index contributed by atoms with van der Waals surface area (Å²) in [7, 11) is 1.60. The monoisotopic (exact) mass is 360 g/mol. The van der Waals surface area contributed by atoms with E-state index in [0.29, 0.717) is 11.5 Å². The number of amides is 1. The Balaban J connectivity index is 1.54. The van der Waals surface area contributed by atoms with Crippen molar-refractivity contribution in [1.82, 2.24) is 10.2 Å². The third kappa shape index (κ3) is 4.70. The molecule has 1 aliphatic carbocycles. The number of carbonyl (C=O) groups is 1. The lowest BCUT2D eigenvalue weighted by Gasteiger charge is -2.48. The minimum atomic E-state index is -0.0575. The molecule has 26 heavy (non-hydrogen) atoms. The molecule has 1 aromatic rings. The average molecular weight is 360 g/mol. The van der Waals surface area contributed by atoms with Gasteiger partial charge in [-0.1, -0.05) is 37.8 Å². The van der Waals surface area contributed by atoms with Crippen LogP contribution in [-0.4, -0.2) is 49.7 Å². The second-order valence-corrected chi connectivity index (χ2v) is 7.55. The van der Waals surface area contributed by atoms with Crippen LogP contribution in [0.1, 0.15) is 51.4 Å². The minimum absolute atomic E-state index is 0.0243. The number of rotatable bonds is 7. The van der Waals surface area contributed by atoms with Crippen molar-refractivity contribution in [3.8, 4) is 11.5 Å². The van der Waals surface area contributed by atoms with Gasteiger partial charge in [0.1, 0.15) is 0 Å². The van der Waals surface area contributed by atoms with E-state index in [1.165, 1.54) is 64.5 Å². The van der Waals surface area contributed by atoms with Gasteiger partial charge in [0, 0.05) is 12.1 Å².